The van der Waals surface area contributed by atoms with Gasteiger partial charge in [-0.1, -0.05) is 31.2 Å². The first-order chi connectivity index (χ1) is 18.0. The largest absolute Gasteiger partial charge is 0.480 e. The van der Waals surface area contributed by atoms with Crippen LogP contribution in [0.3, 0.4) is 0 Å². The molecule has 3 aliphatic rings. The molecular weight excluding hydrogens is 466 g/mol. The third kappa shape index (κ3) is 6.00. The number of hydrogen-bond acceptors (Lipinski definition) is 6. The Labute approximate surface area is 220 Å². The zero-order chi connectivity index (χ0) is 25.8. The fourth-order valence-electron chi connectivity index (χ4n) is 6.37. The number of anilines is 1. The summed E-state index contributed by atoms with van der Waals surface area (Å²) in [5.41, 5.74) is 5.67. The Hall–Kier alpha value is -2.48. The van der Waals surface area contributed by atoms with E-state index in [2.05, 4.69) is 35.3 Å². The van der Waals surface area contributed by atoms with Gasteiger partial charge < -0.3 is 19.9 Å². The molecule has 3 heterocycles. The molecular formula is C30H41N3O4. The molecule has 2 aromatic rings. The van der Waals surface area contributed by atoms with Crippen molar-refractivity contribution in [3.05, 3.63) is 58.3 Å². The van der Waals surface area contributed by atoms with Crippen LogP contribution in [-0.4, -0.2) is 59.9 Å². The molecule has 7 heteroatoms. The van der Waals surface area contributed by atoms with Crippen LogP contribution in [0.1, 0.15) is 85.4 Å². The molecule has 37 heavy (non-hydrogen) atoms. The van der Waals surface area contributed by atoms with Crippen molar-refractivity contribution in [1.29, 1.82) is 0 Å². The number of nitrogens with one attached hydrogen (secondary N) is 1. The minimum absolute atomic E-state index is 0.197. The van der Waals surface area contributed by atoms with E-state index in [1.54, 1.807) is 0 Å². The average molecular weight is 508 g/mol. The first kappa shape index (κ1) is 26.1. The van der Waals surface area contributed by atoms with E-state index in [0.717, 1.165) is 86.3 Å². The highest BCUT2D eigenvalue weighted by molar-refractivity contribution is 5.76. The Bertz CT molecular complexity index is 1090. The lowest BCUT2D eigenvalue weighted by Crippen LogP contribution is -2.39. The number of unbranched alkanes of at least 4 members (excludes halogenated alkanes) is 1. The molecule has 4 atom stereocenters. The molecule has 0 bridgehead atoms. The van der Waals surface area contributed by atoms with Crippen LogP contribution in [0.4, 0.5) is 5.82 Å². The number of rotatable bonds is 10. The summed E-state index contributed by atoms with van der Waals surface area (Å²) in [5, 5.41) is 13.7. The monoisotopic (exact) mass is 507 g/mol. The quantitative estimate of drug-likeness (QED) is 0.433. The minimum atomic E-state index is -0.787. The van der Waals surface area contributed by atoms with Crippen molar-refractivity contribution >= 4 is 11.8 Å². The Morgan fingerprint density at radius 2 is 2.14 bits per heavy atom. The molecule has 0 radical (unpaired) electrons. The van der Waals surface area contributed by atoms with Crippen molar-refractivity contribution in [2.75, 3.05) is 32.1 Å². The SMILES string of the molecule is C[C@@H]1COCc2cccc([C@H](C(=O)O)N(C)[C@H]3CC[C@H](OCCCCc4ccc5c(n4)NCCC5)C3)c21. The van der Waals surface area contributed by atoms with E-state index in [1.165, 1.54) is 12.0 Å². The maximum Gasteiger partial charge on any atom is 0.325 e. The molecule has 1 saturated carbocycles. The molecule has 2 N–H and O–H groups in total. The third-order valence-electron chi connectivity index (χ3n) is 8.35. The van der Waals surface area contributed by atoms with Crippen LogP contribution in [-0.2, 0) is 33.7 Å². The zero-order valence-corrected chi connectivity index (χ0v) is 22.2. The summed E-state index contributed by atoms with van der Waals surface area (Å²) >= 11 is 0. The minimum Gasteiger partial charge on any atom is -0.480 e. The second-order valence-electron chi connectivity index (χ2n) is 11.0. The van der Waals surface area contributed by atoms with E-state index in [0.29, 0.717) is 13.2 Å². The number of carboxylic acids is 1. The van der Waals surface area contributed by atoms with Gasteiger partial charge in [-0.25, -0.2) is 4.98 Å². The highest BCUT2D eigenvalue weighted by Gasteiger charge is 2.37. The average Bonchev–Trinajstić information content (AvgIpc) is 3.37. The van der Waals surface area contributed by atoms with E-state index >= 15 is 0 Å². The number of fused-ring (bicyclic) bond motifs is 2. The van der Waals surface area contributed by atoms with Crippen LogP contribution >= 0.6 is 0 Å². The lowest BCUT2D eigenvalue weighted by Gasteiger charge is -2.34. The van der Waals surface area contributed by atoms with Crippen molar-refractivity contribution in [1.82, 2.24) is 9.88 Å². The number of aromatic nitrogens is 1. The van der Waals surface area contributed by atoms with Gasteiger partial charge in [-0.3, -0.25) is 9.69 Å². The van der Waals surface area contributed by atoms with Crippen LogP contribution < -0.4 is 5.32 Å². The van der Waals surface area contributed by atoms with Crippen LogP contribution in [0.5, 0.6) is 0 Å². The fraction of sp³-hybridized carbons (Fsp3) is 0.600. The normalized spacial score (nSPS) is 23.8. The Balaban J connectivity index is 1.11. The number of ether oxygens (including phenoxy) is 2. The number of aryl methyl sites for hydroxylation is 2. The van der Waals surface area contributed by atoms with Crippen molar-refractivity contribution in [2.24, 2.45) is 0 Å². The highest BCUT2D eigenvalue weighted by Crippen LogP contribution is 2.37. The summed E-state index contributed by atoms with van der Waals surface area (Å²) in [7, 11) is 1.97. The van der Waals surface area contributed by atoms with Gasteiger partial charge in [0.05, 0.1) is 19.3 Å². The summed E-state index contributed by atoms with van der Waals surface area (Å²) in [6.07, 6.45) is 8.37. The smallest absolute Gasteiger partial charge is 0.325 e. The zero-order valence-electron chi connectivity index (χ0n) is 22.2. The number of carboxylic acid groups (broad SMARTS) is 1. The van der Waals surface area contributed by atoms with Crippen molar-refractivity contribution in [2.45, 2.75) is 89.0 Å². The second-order valence-corrected chi connectivity index (χ2v) is 11.0. The molecule has 0 spiro atoms. The van der Waals surface area contributed by atoms with Gasteiger partial charge in [-0.15, -0.1) is 0 Å². The summed E-state index contributed by atoms with van der Waals surface area (Å²) in [6, 6.07) is 9.95. The van der Waals surface area contributed by atoms with E-state index in [-0.39, 0.29) is 18.1 Å². The Morgan fingerprint density at radius 3 is 3.00 bits per heavy atom. The molecule has 200 valence electrons. The third-order valence-corrected chi connectivity index (χ3v) is 8.35. The summed E-state index contributed by atoms with van der Waals surface area (Å²) in [4.78, 5) is 19.4. The number of pyridine rings is 1. The van der Waals surface area contributed by atoms with Crippen LogP contribution in [0.25, 0.3) is 0 Å². The van der Waals surface area contributed by atoms with Gasteiger partial charge in [0, 0.05) is 30.8 Å². The summed E-state index contributed by atoms with van der Waals surface area (Å²) < 4.78 is 11.9. The predicted octanol–water partition coefficient (Wildman–Crippen LogP) is 5.09. The molecule has 1 aromatic carbocycles. The van der Waals surface area contributed by atoms with E-state index in [1.807, 2.05) is 19.2 Å². The Kier molecular flexibility index (Phi) is 8.43. The molecule has 7 nitrogen and oxygen atoms in total. The van der Waals surface area contributed by atoms with Gasteiger partial charge in [-0.05, 0) is 86.7 Å². The van der Waals surface area contributed by atoms with E-state index in [4.69, 9.17) is 14.5 Å². The van der Waals surface area contributed by atoms with Crippen LogP contribution in [0.2, 0.25) is 0 Å². The second kappa shape index (κ2) is 11.9. The van der Waals surface area contributed by atoms with Crippen molar-refractivity contribution < 1.29 is 19.4 Å². The number of benzene rings is 1. The standard InChI is InChI=1S/C30H41N3O4/c1-20-18-36-19-22-7-5-10-26(27(20)22)28(30(34)35)33(2)24-13-14-25(17-24)37-16-4-3-9-23-12-11-21-8-6-15-31-29(21)32-23/h5,7,10-12,20,24-25,28H,3-4,6,8-9,13-19H2,1-2H3,(H,31,32)(H,34,35)/t20-,24+,25+,28-/m1/s1. The number of hydrogen-bond donors (Lipinski definition) is 2. The van der Waals surface area contributed by atoms with Gasteiger partial charge >= 0.3 is 5.97 Å². The molecule has 2 aliphatic heterocycles. The molecule has 1 aliphatic carbocycles. The first-order valence-electron chi connectivity index (χ1n) is 14.0. The van der Waals surface area contributed by atoms with Gasteiger partial charge in [0.15, 0.2) is 0 Å². The summed E-state index contributed by atoms with van der Waals surface area (Å²) in [5.74, 6) is 0.479. The van der Waals surface area contributed by atoms with Crippen LogP contribution in [0.15, 0.2) is 30.3 Å². The van der Waals surface area contributed by atoms with E-state index in [9.17, 15) is 9.90 Å². The first-order valence-corrected chi connectivity index (χ1v) is 14.0. The Morgan fingerprint density at radius 1 is 1.24 bits per heavy atom. The van der Waals surface area contributed by atoms with Gasteiger partial charge in [0.1, 0.15) is 11.9 Å². The topological polar surface area (TPSA) is 83.9 Å². The fourth-order valence-corrected chi connectivity index (χ4v) is 6.37. The van der Waals surface area contributed by atoms with E-state index < -0.39 is 12.0 Å². The van der Waals surface area contributed by atoms with Crippen LogP contribution in [0, 0.1) is 0 Å². The number of aliphatic carboxylic acids is 1. The summed E-state index contributed by atoms with van der Waals surface area (Å²) in [6.45, 7) is 5.08. The van der Waals surface area contributed by atoms with Gasteiger partial charge in [0.2, 0.25) is 0 Å². The molecule has 1 aromatic heterocycles. The predicted molar refractivity (Wildman–Crippen MR) is 144 cm³/mol. The molecule has 1 fully saturated rings. The van der Waals surface area contributed by atoms with Gasteiger partial charge in [0.25, 0.3) is 0 Å². The molecule has 0 saturated heterocycles. The van der Waals surface area contributed by atoms with Crippen molar-refractivity contribution in [3.8, 4) is 0 Å². The highest BCUT2D eigenvalue weighted by atomic mass is 16.5. The van der Waals surface area contributed by atoms with Crippen molar-refractivity contribution in [3.63, 3.8) is 0 Å². The number of likely N-dealkylation sites (N-methyl/N-ethyl adjacent to an activating group) is 1. The number of carbonyl (C=O) groups is 1. The lowest BCUT2D eigenvalue weighted by atomic mass is 9.86. The maximum absolute atomic E-state index is 12.5. The molecule has 0 amide bonds. The maximum atomic E-state index is 12.5. The number of nitrogens with zero attached hydrogens (tertiary/aromatic N) is 2. The molecule has 5 rings (SSSR count). The van der Waals surface area contributed by atoms with Gasteiger partial charge in [-0.2, -0.15) is 0 Å². The molecule has 0 unspecified atom stereocenters. The lowest BCUT2D eigenvalue weighted by molar-refractivity contribution is -0.144.